The minimum Gasteiger partial charge on any atom is -0.382 e. The minimum absolute atomic E-state index is 0.604. The van der Waals surface area contributed by atoms with Crippen molar-refractivity contribution < 1.29 is 22.4 Å². The van der Waals surface area contributed by atoms with Crippen LogP contribution in [0.15, 0.2) is 0 Å². The van der Waals surface area contributed by atoms with Gasteiger partial charge in [0.05, 0.1) is 13.2 Å². The average molecular weight is 224 g/mol. The van der Waals surface area contributed by atoms with Gasteiger partial charge < -0.3 is 9.47 Å². The highest BCUT2D eigenvalue weighted by atomic mass is 32.2. The number of rotatable bonds is 5. The summed E-state index contributed by atoms with van der Waals surface area (Å²) in [6.45, 7) is 4.17. The molecule has 1 N–H and O–H groups in total. The molecule has 0 unspecified atom stereocenters. The van der Waals surface area contributed by atoms with Gasteiger partial charge in [0, 0.05) is 13.7 Å². The zero-order valence-corrected chi connectivity index (χ0v) is 9.21. The van der Waals surface area contributed by atoms with Gasteiger partial charge in [-0.25, -0.2) is 0 Å². The molecular weight excluding hydrogens is 208 g/mol. The summed E-state index contributed by atoms with van der Waals surface area (Å²) >= 11 is 0. The lowest BCUT2D eigenvalue weighted by Gasteiger charge is -1.96. The molecule has 0 aliphatic heterocycles. The van der Waals surface area contributed by atoms with E-state index in [4.69, 9.17) is 14.0 Å². The molecule has 14 heavy (non-hydrogen) atoms. The van der Waals surface area contributed by atoms with Crippen molar-refractivity contribution in [1.82, 2.24) is 0 Å². The molecule has 6 heteroatoms. The maximum atomic E-state index is 9.64. The molecule has 0 saturated carbocycles. The Morgan fingerprint density at radius 2 is 2.00 bits per heavy atom. The van der Waals surface area contributed by atoms with E-state index in [1.165, 1.54) is 0 Å². The summed E-state index contributed by atoms with van der Waals surface area (Å²) in [6, 6.07) is 0. The first-order valence-corrected chi connectivity index (χ1v) is 5.54. The summed E-state index contributed by atoms with van der Waals surface area (Å²) in [5.41, 5.74) is 0. The smallest absolute Gasteiger partial charge is 0.276 e. The minimum atomic E-state index is -3.91. The van der Waals surface area contributed by atoms with Crippen molar-refractivity contribution in [2.45, 2.75) is 6.92 Å². The predicted molar refractivity (Wildman–Crippen MR) is 53.6 cm³/mol. The van der Waals surface area contributed by atoms with E-state index in [1.807, 2.05) is 6.92 Å². The first-order chi connectivity index (χ1) is 6.47. The molecule has 0 fully saturated rings. The molecule has 0 amide bonds. The van der Waals surface area contributed by atoms with Gasteiger partial charge in [-0.05, 0) is 6.92 Å². The molecule has 0 saturated heterocycles. The number of terminal acetylenes is 1. The Morgan fingerprint density at radius 3 is 2.21 bits per heavy atom. The van der Waals surface area contributed by atoms with Crippen molar-refractivity contribution >= 4 is 10.1 Å². The first-order valence-electron chi connectivity index (χ1n) is 3.93. The number of methoxy groups -OCH3 is 1. The van der Waals surface area contributed by atoms with Crippen LogP contribution in [0.4, 0.5) is 0 Å². The van der Waals surface area contributed by atoms with Gasteiger partial charge in [-0.2, -0.15) is 8.42 Å². The Bertz CT molecular complexity index is 235. The lowest BCUT2D eigenvalue weighted by molar-refractivity contribution is 0.0777. The summed E-state index contributed by atoms with van der Waals surface area (Å²) in [5.74, 6) is 1.17. The number of hydrogen-bond donors (Lipinski definition) is 1. The van der Waals surface area contributed by atoms with E-state index < -0.39 is 15.9 Å². The quantitative estimate of drug-likeness (QED) is 0.409. The lowest BCUT2D eigenvalue weighted by Crippen LogP contribution is -2.00. The lowest BCUT2D eigenvalue weighted by atomic mass is 10.7. The molecule has 84 valence electrons. The van der Waals surface area contributed by atoms with Gasteiger partial charge in [0.25, 0.3) is 10.1 Å². The second kappa shape index (κ2) is 10.5. The standard InChI is InChI=1S/C5H12O2.C3H4O3S/c1-3-7-5-4-6-2;1-2-3-7(4,5)6/h3-5H2,1-2H3;1H,3H2,(H,4,5,6). The maximum absolute atomic E-state index is 9.64. The van der Waals surface area contributed by atoms with Crippen LogP contribution in [0.2, 0.25) is 0 Å². The Labute approximate surface area is 85.2 Å². The van der Waals surface area contributed by atoms with E-state index >= 15 is 0 Å². The molecule has 0 bridgehead atoms. The fourth-order valence-electron chi connectivity index (χ4n) is 0.392. The van der Waals surface area contributed by atoms with E-state index in [2.05, 4.69) is 6.42 Å². The van der Waals surface area contributed by atoms with Crippen LogP contribution in [0.25, 0.3) is 0 Å². The zero-order chi connectivity index (χ0) is 11.4. The van der Waals surface area contributed by atoms with E-state index in [9.17, 15) is 8.42 Å². The van der Waals surface area contributed by atoms with Crippen molar-refractivity contribution in [1.29, 1.82) is 0 Å². The van der Waals surface area contributed by atoms with Crippen molar-refractivity contribution in [2.75, 3.05) is 32.7 Å². The Morgan fingerprint density at radius 1 is 1.43 bits per heavy atom. The molecule has 0 aliphatic rings. The second-order valence-electron chi connectivity index (χ2n) is 2.12. The van der Waals surface area contributed by atoms with Gasteiger partial charge in [0.1, 0.15) is 5.75 Å². The molecule has 5 nitrogen and oxygen atoms in total. The van der Waals surface area contributed by atoms with Crippen molar-refractivity contribution in [2.24, 2.45) is 0 Å². The third-order valence-electron chi connectivity index (χ3n) is 0.902. The van der Waals surface area contributed by atoms with Gasteiger partial charge in [-0.1, -0.05) is 5.92 Å². The molecule has 0 rings (SSSR count). The monoisotopic (exact) mass is 224 g/mol. The normalized spacial score (nSPS) is 9.86. The third kappa shape index (κ3) is 22.5. The van der Waals surface area contributed by atoms with Crippen molar-refractivity contribution in [3.05, 3.63) is 0 Å². The topological polar surface area (TPSA) is 72.8 Å². The molecule has 0 aromatic rings. The summed E-state index contributed by atoms with van der Waals surface area (Å²) in [7, 11) is -2.24. The number of hydrogen-bond acceptors (Lipinski definition) is 4. The average Bonchev–Trinajstić information content (AvgIpc) is 2.04. The van der Waals surface area contributed by atoms with E-state index in [1.54, 1.807) is 13.0 Å². The third-order valence-corrected chi connectivity index (χ3v) is 1.43. The van der Waals surface area contributed by atoms with E-state index in [0.29, 0.717) is 13.2 Å². The van der Waals surface area contributed by atoms with Gasteiger partial charge in [0.2, 0.25) is 0 Å². The molecule has 0 atom stereocenters. The summed E-state index contributed by atoms with van der Waals surface area (Å²) in [6.07, 6.45) is 4.53. The molecule has 0 spiro atoms. The summed E-state index contributed by atoms with van der Waals surface area (Å²) in [5, 5.41) is 0. The molecular formula is C8H16O5S. The van der Waals surface area contributed by atoms with Gasteiger partial charge in [-0.3, -0.25) is 4.55 Å². The van der Waals surface area contributed by atoms with E-state index in [0.717, 1.165) is 6.61 Å². The maximum Gasteiger partial charge on any atom is 0.276 e. The van der Waals surface area contributed by atoms with Crippen LogP contribution in [0, 0.1) is 12.3 Å². The molecule has 0 aliphatic carbocycles. The van der Waals surface area contributed by atoms with Crippen LogP contribution in [-0.4, -0.2) is 45.7 Å². The highest BCUT2D eigenvalue weighted by Gasteiger charge is 1.96. The van der Waals surface area contributed by atoms with E-state index in [-0.39, 0.29) is 0 Å². The molecule has 0 aromatic heterocycles. The zero-order valence-electron chi connectivity index (χ0n) is 8.39. The van der Waals surface area contributed by atoms with Crippen LogP contribution >= 0.6 is 0 Å². The predicted octanol–water partition coefficient (Wildman–Crippen LogP) is 0.177. The Balaban J connectivity index is 0. The van der Waals surface area contributed by atoms with Crippen LogP contribution in [0.5, 0.6) is 0 Å². The van der Waals surface area contributed by atoms with Crippen LogP contribution < -0.4 is 0 Å². The van der Waals surface area contributed by atoms with Crippen molar-refractivity contribution in [3.63, 3.8) is 0 Å². The SMILES string of the molecule is C#CCS(=O)(=O)O.CCOCCOC. The second-order valence-corrected chi connectivity index (χ2v) is 3.57. The largest absolute Gasteiger partial charge is 0.382 e. The highest BCUT2D eigenvalue weighted by molar-refractivity contribution is 7.86. The van der Waals surface area contributed by atoms with Gasteiger partial charge >= 0.3 is 0 Å². The fraction of sp³-hybridized carbons (Fsp3) is 0.750. The van der Waals surface area contributed by atoms with Crippen molar-refractivity contribution in [3.8, 4) is 12.3 Å². The Kier molecular flexibility index (Phi) is 11.9. The van der Waals surface area contributed by atoms with Gasteiger partial charge in [0.15, 0.2) is 0 Å². The summed E-state index contributed by atoms with van der Waals surface area (Å²) < 4.78 is 36.8. The summed E-state index contributed by atoms with van der Waals surface area (Å²) in [4.78, 5) is 0. The fourth-order valence-corrected chi connectivity index (χ4v) is 0.603. The highest BCUT2D eigenvalue weighted by Crippen LogP contribution is 1.75. The molecule has 0 radical (unpaired) electrons. The Hall–Kier alpha value is -0.610. The van der Waals surface area contributed by atoms with Gasteiger partial charge in [-0.15, -0.1) is 6.42 Å². The van der Waals surface area contributed by atoms with Crippen LogP contribution in [0.3, 0.4) is 0 Å². The first kappa shape index (κ1) is 15.8. The molecule has 0 heterocycles. The molecule has 0 aromatic carbocycles. The van der Waals surface area contributed by atoms with Crippen LogP contribution in [-0.2, 0) is 19.6 Å². The van der Waals surface area contributed by atoms with Crippen LogP contribution in [0.1, 0.15) is 6.92 Å². The number of ether oxygens (including phenoxy) is 2.